The summed E-state index contributed by atoms with van der Waals surface area (Å²) >= 11 is 0. The lowest BCUT2D eigenvalue weighted by Gasteiger charge is -2.04. The number of carbonyl (C=O) groups excluding carboxylic acids is 2. The molecule has 13 heavy (non-hydrogen) atoms. The van der Waals surface area contributed by atoms with Crippen molar-refractivity contribution in [1.82, 2.24) is 0 Å². The fourth-order valence-corrected chi connectivity index (χ4v) is 0.856. The van der Waals surface area contributed by atoms with Crippen molar-refractivity contribution in [2.24, 2.45) is 0 Å². The van der Waals surface area contributed by atoms with Crippen LogP contribution in [-0.2, 0) is 9.59 Å². The van der Waals surface area contributed by atoms with Crippen LogP contribution in [-0.4, -0.2) is 17.4 Å². The Bertz CT molecular complexity index is 343. The molecule has 0 aliphatic rings. The summed E-state index contributed by atoms with van der Waals surface area (Å²) < 4.78 is 4.62. The Morgan fingerprint density at radius 1 is 1.54 bits per heavy atom. The highest BCUT2D eigenvalue weighted by molar-refractivity contribution is 5.84. The van der Waals surface area contributed by atoms with Gasteiger partial charge in [0.1, 0.15) is 0 Å². The topological polar surface area (TPSA) is 63.6 Å². The van der Waals surface area contributed by atoms with E-state index in [1.165, 1.54) is 25.1 Å². The Balaban J connectivity index is 3.14. The number of para-hydroxylation sites is 1. The van der Waals surface area contributed by atoms with Gasteiger partial charge in [-0.3, -0.25) is 9.59 Å². The number of benzene rings is 1. The normalized spacial score (nSPS) is 9.31. The third-order valence-electron chi connectivity index (χ3n) is 1.35. The van der Waals surface area contributed by atoms with Gasteiger partial charge < -0.3 is 9.84 Å². The first kappa shape index (κ1) is 9.25. The Labute approximate surface area is 74.8 Å². The fraction of sp³-hybridized carbons (Fsp3) is 0.111. The summed E-state index contributed by atoms with van der Waals surface area (Å²) in [5, 5.41) is 9.22. The first-order valence-electron chi connectivity index (χ1n) is 3.53. The molecule has 0 unspecified atom stereocenters. The number of hydrogen-bond donors (Lipinski definition) is 1. The van der Waals surface area contributed by atoms with E-state index < -0.39 is 5.97 Å². The minimum absolute atomic E-state index is 0.0233. The van der Waals surface area contributed by atoms with E-state index in [-0.39, 0.29) is 17.1 Å². The second-order valence-electron chi connectivity index (χ2n) is 2.35. The molecular formula is C9H7O4. The molecule has 0 heterocycles. The van der Waals surface area contributed by atoms with E-state index in [1.54, 1.807) is 6.29 Å². The molecule has 1 aromatic carbocycles. The molecule has 1 rings (SSSR count). The van der Waals surface area contributed by atoms with E-state index in [9.17, 15) is 14.7 Å². The number of carbonyl (C=O) groups is 1. The average molecular weight is 179 g/mol. The zero-order valence-corrected chi connectivity index (χ0v) is 6.90. The smallest absolute Gasteiger partial charge is 0.308 e. The highest BCUT2D eigenvalue weighted by Crippen LogP contribution is 2.28. The lowest BCUT2D eigenvalue weighted by atomic mass is 10.2. The number of phenols is 1. The highest BCUT2D eigenvalue weighted by Gasteiger charge is 2.10. The Morgan fingerprint density at radius 3 is 2.77 bits per heavy atom. The van der Waals surface area contributed by atoms with Gasteiger partial charge in [0.15, 0.2) is 11.5 Å². The third-order valence-corrected chi connectivity index (χ3v) is 1.35. The van der Waals surface area contributed by atoms with Crippen LogP contribution in [0.15, 0.2) is 18.2 Å². The van der Waals surface area contributed by atoms with E-state index >= 15 is 0 Å². The lowest BCUT2D eigenvalue weighted by Crippen LogP contribution is -2.03. The molecule has 0 amide bonds. The summed E-state index contributed by atoms with van der Waals surface area (Å²) in [6.45, 7) is 1.18. The minimum atomic E-state index is -0.599. The molecule has 67 valence electrons. The summed E-state index contributed by atoms with van der Waals surface area (Å²) in [5.74, 6) is -1.00. The molecule has 1 N–H and O–H groups in total. The molecule has 1 radical (unpaired) electrons. The Morgan fingerprint density at radius 2 is 2.23 bits per heavy atom. The molecule has 0 saturated carbocycles. The summed E-state index contributed by atoms with van der Waals surface area (Å²) in [6.07, 6.45) is 1.55. The third kappa shape index (κ3) is 2.05. The maximum Gasteiger partial charge on any atom is 0.308 e. The van der Waals surface area contributed by atoms with Crippen LogP contribution in [0.2, 0.25) is 0 Å². The lowest BCUT2D eigenvalue weighted by molar-refractivity contribution is -0.132. The predicted octanol–water partition coefficient (Wildman–Crippen LogP) is 0.775. The molecule has 0 spiro atoms. The van der Waals surface area contributed by atoms with Crippen molar-refractivity contribution < 1.29 is 19.4 Å². The van der Waals surface area contributed by atoms with Gasteiger partial charge in [-0.15, -0.1) is 0 Å². The molecular weight excluding hydrogens is 172 g/mol. The van der Waals surface area contributed by atoms with Gasteiger partial charge in [0.05, 0.1) is 5.56 Å². The molecule has 0 aliphatic carbocycles. The summed E-state index contributed by atoms with van der Waals surface area (Å²) in [6, 6.07) is 4.17. The van der Waals surface area contributed by atoms with E-state index in [4.69, 9.17) is 0 Å². The number of esters is 1. The van der Waals surface area contributed by atoms with E-state index in [0.717, 1.165) is 0 Å². The number of phenolic OH excluding ortho intramolecular Hbond substituents is 1. The highest BCUT2D eigenvalue weighted by atomic mass is 16.5. The van der Waals surface area contributed by atoms with Gasteiger partial charge >= 0.3 is 5.97 Å². The second kappa shape index (κ2) is 3.71. The molecule has 0 atom stereocenters. The van der Waals surface area contributed by atoms with E-state index in [2.05, 4.69) is 4.74 Å². The first-order chi connectivity index (χ1) is 6.15. The van der Waals surface area contributed by atoms with Crippen molar-refractivity contribution in [3.63, 3.8) is 0 Å². The molecule has 0 bridgehead atoms. The van der Waals surface area contributed by atoms with Gasteiger partial charge in [-0.25, -0.2) is 0 Å². The fourth-order valence-electron chi connectivity index (χ4n) is 0.856. The molecule has 4 heteroatoms. The number of hydrogen-bond acceptors (Lipinski definition) is 4. The van der Waals surface area contributed by atoms with Gasteiger partial charge in [-0.2, -0.15) is 0 Å². The van der Waals surface area contributed by atoms with Crippen LogP contribution in [0.1, 0.15) is 12.5 Å². The first-order valence-corrected chi connectivity index (χ1v) is 3.53. The van der Waals surface area contributed by atoms with Crippen molar-refractivity contribution in [2.75, 3.05) is 0 Å². The molecule has 0 fully saturated rings. The van der Waals surface area contributed by atoms with Crippen molar-refractivity contribution in [3.05, 3.63) is 23.8 Å². The summed E-state index contributed by atoms with van der Waals surface area (Å²) in [4.78, 5) is 20.9. The predicted molar refractivity (Wildman–Crippen MR) is 44.2 cm³/mol. The van der Waals surface area contributed by atoms with Gasteiger partial charge in [0, 0.05) is 6.92 Å². The zero-order chi connectivity index (χ0) is 9.84. The molecule has 4 nitrogen and oxygen atoms in total. The maximum atomic E-state index is 10.6. The van der Waals surface area contributed by atoms with Crippen molar-refractivity contribution >= 4 is 12.3 Å². The molecule has 0 saturated heterocycles. The van der Waals surface area contributed by atoms with Crippen LogP contribution in [0, 0.1) is 0 Å². The molecule has 1 aromatic rings. The second-order valence-corrected chi connectivity index (χ2v) is 2.35. The number of ether oxygens (including phenoxy) is 1. The van der Waals surface area contributed by atoms with E-state index in [0.29, 0.717) is 0 Å². The van der Waals surface area contributed by atoms with Gasteiger partial charge in [-0.1, -0.05) is 6.07 Å². The van der Waals surface area contributed by atoms with Crippen LogP contribution in [0.25, 0.3) is 0 Å². The van der Waals surface area contributed by atoms with Crippen molar-refractivity contribution in [3.8, 4) is 11.5 Å². The van der Waals surface area contributed by atoms with Crippen LogP contribution in [0.5, 0.6) is 11.5 Å². The van der Waals surface area contributed by atoms with Gasteiger partial charge in [-0.05, 0) is 12.1 Å². The average Bonchev–Trinajstić information content (AvgIpc) is 2.08. The Hall–Kier alpha value is -1.84. The van der Waals surface area contributed by atoms with Crippen LogP contribution in [0.4, 0.5) is 0 Å². The van der Waals surface area contributed by atoms with Crippen LogP contribution in [0.3, 0.4) is 0 Å². The van der Waals surface area contributed by atoms with Crippen LogP contribution >= 0.6 is 0 Å². The maximum absolute atomic E-state index is 10.6. The monoisotopic (exact) mass is 179 g/mol. The quantitative estimate of drug-likeness (QED) is 0.538. The van der Waals surface area contributed by atoms with E-state index in [1.807, 2.05) is 0 Å². The minimum Gasteiger partial charge on any atom is -0.504 e. The largest absolute Gasteiger partial charge is 0.504 e. The zero-order valence-electron chi connectivity index (χ0n) is 6.90. The van der Waals surface area contributed by atoms with Crippen molar-refractivity contribution in [2.45, 2.75) is 6.92 Å². The number of aromatic hydroxyl groups is 1. The summed E-state index contributed by atoms with van der Waals surface area (Å²) in [5.41, 5.74) is 0.0233. The number of rotatable bonds is 2. The molecule has 0 aromatic heterocycles. The molecule has 0 aliphatic heterocycles. The van der Waals surface area contributed by atoms with Gasteiger partial charge in [0.25, 0.3) is 0 Å². The Kier molecular flexibility index (Phi) is 2.64. The van der Waals surface area contributed by atoms with Gasteiger partial charge in [0.2, 0.25) is 6.29 Å². The SMILES string of the molecule is CC(=O)Oc1c(O)cccc1[C]=O. The van der Waals surface area contributed by atoms with Crippen LogP contribution < -0.4 is 4.74 Å². The standard InChI is InChI=1S/C9H7O4/c1-6(11)13-9-7(5-10)3-2-4-8(9)12/h2-4,12H,1H3. The van der Waals surface area contributed by atoms with Crippen molar-refractivity contribution in [1.29, 1.82) is 0 Å². The summed E-state index contributed by atoms with van der Waals surface area (Å²) in [7, 11) is 0.